The van der Waals surface area contributed by atoms with Crippen LogP contribution in [0.3, 0.4) is 0 Å². The molecule has 1 heterocycles. The molecule has 4 nitrogen and oxygen atoms in total. The highest BCUT2D eigenvalue weighted by atomic mass is 16.1. The molecule has 0 radical (unpaired) electrons. The molecule has 1 atom stereocenters. The second-order valence-corrected chi connectivity index (χ2v) is 8.31. The van der Waals surface area contributed by atoms with Gasteiger partial charge in [-0.2, -0.15) is 5.26 Å². The molecule has 30 heavy (non-hydrogen) atoms. The van der Waals surface area contributed by atoms with Crippen molar-refractivity contribution in [3.63, 3.8) is 0 Å². The van der Waals surface area contributed by atoms with Gasteiger partial charge in [-0.25, -0.2) is 0 Å². The predicted octanol–water partition coefficient (Wildman–Crippen LogP) is 4.60. The number of carbonyl (C=O) groups excluding carboxylic acids is 1. The van der Waals surface area contributed by atoms with E-state index in [-0.39, 0.29) is 17.5 Å². The summed E-state index contributed by atoms with van der Waals surface area (Å²) < 4.78 is 0. The van der Waals surface area contributed by atoms with E-state index in [0.717, 1.165) is 44.3 Å². The van der Waals surface area contributed by atoms with Gasteiger partial charge in [0.25, 0.3) is 5.91 Å². The minimum Gasteiger partial charge on any atom is -0.371 e. The molecule has 1 aliphatic heterocycles. The lowest BCUT2D eigenvalue weighted by atomic mass is 9.88. The quantitative estimate of drug-likeness (QED) is 0.591. The summed E-state index contributed by atoms with van der Waals surface area (Å²) in [6.07, 6.45) is 8.22. The maximum atomic E-state index is 12.9. The van der Waals surface area contributed by atoms with E-state index >= 15 is 0 Å². The predicted molar refractivity (Wildman–Crippen MR) is 119 cm³/mol. The lowest BCUT2D eigenvalue weighted by molar-refractivity contribution is -0.117. The van der Waals surface area contributed by atoms with Crippen LogP contribution in [0.1, 0.15) is 60.0 Å². The van der Waals surface area contributed by atoms with Crippen LogP contribution in [0.15, 0.2) is 54.2 Å². The van der Waals surface area contributed by atoms with Crippen LogP contribution in [0.5, 0.6) is 0 Å². The summed E-state index contributed by atoms with van der Waals surface area (Å²) in [5, 5.41) is 12.7. The third kappa shape index (κ3) is 4.41. The first kappa shape index (κ1) is 20.2. The minimum atomic E-state index is -0.291. The highest BCUT2D eigenvalue weighted by Crippen LogP contribution is 2.26. The largest absolute Gasteiger partial charge is 0.371 e. The molecule has 4 rings (SSSR count). The fourth-order valence-electron chi connectivity index (χ4n) is 4.58. The Morgan fingerprint density at radius 3 is 2.60 bits per heavy atom. The minimum absolute atomic E-state index is 0.0800. The zero-order chi connectivity index (χ0) is 20.9. The Morgan fingerprint density at radius 2 is 1.83 bits per heavy atom. The summed E-state index contributed by atoms with van der Waals surface area (Å²) in [6, 6.07) is 17.0. The van der Waals surface area contributed by atoms with Crippen LogP contribution in [0.2, 0.25) is 0 Å². The van der Waals surface area contributed by atoms with E-state index in [2.05, 4.69) is 59.6 Å². The molecule has 2 aromatic rings. The van der Waals surface area contributed by atoms with Crippen LogP contribution in [0, 0.1) is 11.3 Å². The van der Waals surface area contributed by atoms with Crippen LogP contribution in [0.4, 0.5) is 0 Å². The first-order valence-corrected chi connectivity index (χ1v) is 11.0. The van der Waals surface area contributed by atoms with Gasteiger partial charge in [-0.1, -0.05) is 49.4 Å². The number of aryl methyl sites for hydroxylation is 2. The summed E-state index contributed by atoms with van der Waals surface area (Å²) in [5.74, 6) is -0.291. The van der Waals surface area contributed by atoms with Crippen molar-refractivity contribution in [3.8, 4) is 6.07 Å². The van der Waals surface area contributed by atoms with Crippen LogP contribution in [-0.2, 0) is 30.6 Å². The molecule has 0 fully saturated rings. The summed E-state index contributed by atoms with van der Waals surface area (Å²) in [7, 11) is 0. The SMILES string of the molecule is CCC(NC(=O)/C(C#N)=C\N1CCc2ccccc2C1)c1ccc2c(c1)CCCC2. The second-order valence-electron chi connectivity index (χ2n) is 8.31. The van der Waals surface area contributed by atoms with Crippen molar-refractivity contribution in [1.29, 1.82) is 5.26 Å². The molecular formula is C26H29N3O. The average Bonchev–Trinajstić information content (AvgIpc) is 2.80. The number of amides is 1. The van der Waals surface area contributed by atoms with E-state index in [1.807, 2.05) is 6.07 Å². The number of hydrogen-bond acceptors (Lipinski definition) is 3. The zero-order valence-corrected chi connectivity index (χ0v) is 17.7. The van der Waals surface area contributed by atoms with Gasteiger partial charge in [0, 0.05) is 19.3 Å². The maximum absolute atomic E-state index is 12.9. The van der Waals surface area contributed by atoms with Crippen molar-refractivity contribution < 1.29 is 4.79 Å². The summed E-state index contributed by atoms with van der Waals surface area (Å²) in [4.78, 5) is 15.0. The summed E-state index contributed by atoms with van der Waals surface area (Å²) in [5.41, 5.74) is 6.77. The molecule has 4 heteroatoms. The number of hydrogen-bond donors (Lipinski definition) is 1. The van der Waals surface area contributed by atoms with Crippen molar-refractivity contribution >= 4 is 5.91 Å². The molecule has 154 valence electrons. The van der Waals surface area contributed by atoms with Crippen molar-refractivity contribution in [2.75, 3.05) is 6.54 Å². The molecule has 1 aliphatic carbocycles. The zero-order valence-electron chi connectivity index (χ0n) is 17.7. The number of benzene rings is 2. The van der Waals surface area contributed by atoms with Gasteiger partial charge in [0.2, 0.25) is 0 Å². The number of carbonyl (C=O) groups is 1. The Balaban J connectivity index is 1.47. The van der Waals surface area contributed by atoms with E-state index in [4.69, 9.17) is 0 Å². The Labute approximate surface area is 179 Å². The molecular weight excluding hydrogens is 370 g/mol. The third-order valence-electron chi connectivity index (χ3n) is 6.33. The number of nitrogens with zero attached hydrogens (tertiary/aromatic N) is 2. The Morgan fingerprint density at radius 1 is 1.10 bits per heavy atom. The van der Waals surface area contributed by atoms with Crippen LogP contribution in [0.25, 0.3) is 0 Å². The first-order valence-electron chi connectivity index (χ1n) is 11.0. The maximum Gasteiger partial charge on any atom is 0.263 e. The van der Waals surface area contributed by atoms with E-state index < -0.39 is 0 Å². The number of nitrogens with one attached hydrogen (secondary N) is 1. The van der Waals surface area contributed by atoms with Gasteiger partial charge in [-0.05, 0) is 66.3 Å². The molecule has 2 aliphatic rings. The molecule has 0 bridgehead atoms. The Kier molecular flexibility index (Phi) is 6.18. The second kappa shape index (κ2) is 9.17. The lowest BCUT2D eigenvalue weighted by Crippen LogP contribution is -2.32. The van der Waals surface area contributed by atoms with E-state index in [1.165, 1.54) is 35.1 Å². The van der Waals surface area contributed by atoms with Crippen molar-refractivity contribution in [1.82, 2.24) is 10.2 Å². The smallest absolute Gasteiger partial charge is 0.263 e. The molecule has 0 aromatic heterocycles. The highest BCUT2D eigenvalue weighted by molar-refractivity contribution is 5.97. The summed E-state index contributed by atoms with van der Waals surface area (Å²) in [6.45, 7) is 3.62. The molecule has 2 aromatic carbocycles. The number of nitriles is 1. The molecule has 1 amide bonds. The molecule has 0 saturated heterocycles. The van der Waals surface area contributed by atoms with Gasteiger partial charge in [0.05, 0.1) is 6.04 Å². The first-order chi connectivity index (χ1) is 14.7. The molecule has 0 spiro atoms. The van der Waals surface area contributed by atoms with Gasteiger partial charge in [0.1, 0.15) is 11.6 Å². The number of rotatable bonds is 5. The molecule has 1 N–H and O–H groups in total. The standard InChI is InChI=1S/C26H29N3O/c1-2-25(22-12-11-19-7-3-5-9-21(19)15-22)28-26(30)24(16-27)18-29-14-13-20-8-4-6-10-23(20)17-29/h4,6,8,10-12,15,18,25H,2-3,5,7,9,13-14,17H2,1H3,(H,28,30)/b24-18-. The van der Waals surface area contributed by atoms with Crippen LogP contribution < -0.4 is 5.32 Å². The van der Waals surface area contributed by atoms with Gasteiger partial charge in [-0.15, -0.1) is 0 Å². The van der Waals surface area contributed by atoms with Gasteiger partial charge >= 0.3 is 0 Å². The normalized spacial score (nSPS) is 16.8. The van der Waals surface area contributed by atoms with Crippen LogP contribution >= 0.6 is 0 Å². The number of fused-ring (bicyclic) bond motifs is 2. The van der Waals surface area contributed by atoms with Crippen LogP contribution in [-0.4, -0.2) is 17.4 Å². The fraction of sp³-hybridized carbons (Fsp3) is 0.385. The highest BCUT2D eigenvalue weighted by Gasteiger charge is 2.20. The fourth-order valence-corrected chi connectivity index (χ4v) is 4.58. The summed E-state index contributed by atoms with van der Waals surface area (Å²) >= 11 is 0. The van der Waals surface area contributed by atoms with Gasteiger partial charge in [-0.3, -0.25) is 4.79 Å². The van der Waals surface area contributed by atoms with E-state index in [1.54, 1.807) is 6.20 Å². The van der Waals surface area contributed by atoms with Crippen molar-refractivity contribution in [2.45, 2.75) is 58.0 Å². The third-order valence-corrected chi connectivity index (χ3v) is 6.33. The monoisotopic (exact) mass is 399 g/mol. The Bertz CT molecular complexity index is 1000. The van der Waals surface area contributed by atoms with Gasteiger partial charge < -0.3 is 10.2 Å². The molecule has 0 saturated carbocycles. The van der Waals surface area contributed by atoms with Crippen molar-refractivity contribution in [3.05, 3.63) is 82.1 Å². The average molecular weight is 400 g/mol. The lowest BCUT2D eigenvalue weighted by Gasteiger charge is -2.28. The topological polar surface area (TPSA) is 56.1 Å². The van der Waals surface area contributed by atoms with Gasteiger partial charge in [0.15, 0.2) is 0 Å². The van der Waals surface area contributed by atoms with Crippen molar-refractivity contribution in [2.24, 2.45) is 0 Å². The van der Waals surface area contributed by atoms with E-state index in [9.17, 15) is 10.1 Å². The van der Waals surface area contributed by atoms with E-state index in [0.29, 0.717) is 0 Å². The Hall–Kier alpha value is -3.06. The molecule has 1 unspecified atom stereocenters.